The molecule has 0 spiro atoms. The van der Waals surface area contributed by atoms with Crippen LogP contribution < -0.4 is 20.1 Å². The van der Waals surface area contributed by atoms with Crippen LogP contribution in [-0.4, -0.2) is 35.7 Å². The van der Waals surface area contributed by atoms with E-state index in [1.54, 1.807) is 14.2 Å². The molecule has 0 aliphatic heterocycles. The maximum Gasteiger partial charge on any atom is 0.166 e. The van der Waals surface area contributed by atoms with Gasteiger partial charge in [0.15, 0.2) is 16.6 Å². The van der Waals surface area contributed by atoms with Crippen LogP contribution in [0.1, 0.15) is 18.2 Å². The summed E-state index contributed by atoms with van der Waals surface area (Å²) in [6.45, 7) is 4.29. The Morgan fingerprint density at radius 1 is 1.17 bits per heavy atom. The number of aromatic nitrogens is 2. The Hall–Kier alpha value is -2.28. The van der Waals surface area contributed by atoms with Crippen LogP contribution >= 0.6 is 12.2 Å². The minimum absolute atomic E-state index is 0.620. The monoisotopic (exact) mass is 348 g/mol. The van der Waals surface area contributed by atoms with Crippen LogP contribution in [0.25, 0.3) is 0 Å². The molecule has 1 aromatic carbocycles. The van der Waals surface area contributed by atoms with Gasteiger partial charge in [0.25, 0.3) is 0 Å². The number of aryl methyl sites for hydroxylation is 1. The second-order valence-corrected chi connectivity index (χ2v) is 5.62. The summed E-state index contributed by atoms with van der Waals surface area (Å²) in [4.78, 5) is 0. The van der Waals surface area contributed by atoms with E-state index < -0.39 is 0 Å². The van der Waals surface area contributed by atoms with Gasteiger partial charge < -0.3 is 20.1 Å². The van der Waals surface area contributed by atoms with E-state index in [-0.39, 0.29) is 0 Å². The van der Waals surface area contributed by atoms with E-state index in [1.807, 2.05) is 35.1 Å². The molecule has 1 aromatic heterocycles. The number of rotatable bonds is 8. The zero-order valence-electron chi connectivity index (χ0n) is 14.3. The Labute approximate surface area is 148 Å². The topological polar surface area (TPSA) is 60.3 Å². The lowest BCUT2D eigenvalue weighted by atomic mass is 10.1. The quantitative estimate of drug-likeness (QED) is 0.713. The number of hydrogen-bond donors (Lipinski definition) is 2. The van der Waals surface area contributed by atoms with Crippen LogP contribution in [-0.2, 0) is 19.5 Å². The van der Waals surface area contributed by atoms with Gasteiger partial charge in [0.1, 0.15) is 0 Å². The molecule has 0 atom stereocenters. The van der Waals surface area contributed by atoms with Crippen molar-refractivity contribution in [2.75, 3.05) is 20.8 Å². The zero-order valence-corrected chi connectivity index (χ0v) is 15.2. The first-order valence-corrected chi connectivity index (χ1v) is 8.32. The molecule has 0 saturated carbocycles. The summed E-state index contributed by atoms with van der Waals surface area (Å²) in [6, 6.07) is 7.91. The Balaban J connectivity index is 1.74. The number of nitrogens with one attached hydrogen (secondary N) is 2. The van der Waals surface area contributed by atoms with Gasteiger partial charge in [0.2, 0.25) is 0 Å². The van der Waals surface area contributed by atoms with Gasteiger partial charge in [-0.2, -0.15) is 5.10 Å². The lowest BCUT2D eigenvalue weighted by molar-refractivity contribution is 0.354. The van der Waals surface area contributed by atoms with Gasteiger partial charge in [-0.1, -0.05) is 6.07 Å². The molecular weight excluding hydrogens is 324 g/mol. The summed E-state index contributed by atoms with van der Waals surface area (Å²) in [5, 5.41) is 11.4. The van der Waals surface area contributed by atoms with Crippen molar-refractivity contribution in [3.8, 4) is 11.5 Å². The van der Waals surface area contributed by atoms with Gasteiger partial charge in [-0.05, 0) is 49.3 Å². The molecule has 0 fully saturated rings. The summed E-state index contributed by atoms with van der Waals surface area (Å²) in [5.74, 6) is 1.47. The lowest BCUT2D eigenvalue weighted by Gasteiger charge is -2.11. The second kappa shape index (κ2) is 9.12. The van der Waals surface area contributed by atoms with Crippen LogP contribution in [0.4, 0.5) is 0 Å². The third-order valence-electron chi connectivity index (χ3n) is 3.60. The molecule has 2 rings (SSSR count). The Morgan fingerprint density at radius 2 is 1.96 bits per heavy atom. The van der Waals surface area contributed by atoms with Crippen molar-refractivity contribution in [2.24, 2.45) is 0 Å². The first-order chi connectivity index (χ1) is 11.7. The molecule has 6 nitrogen and oxygen atoms in total. The molecule has 2 aromatic rings. The Kier molecular flexibility index (Phi) is 6.87. The first-order valence-electron chi connectivity index (χ1n) is 7.91. The van der Waals surface area contributed by atoms with E-state index in [0.717, 1.165) is 42.3 Å². The SMILES string of the molecule is CCn1ccc(CNC(=S)NCCc2ccc(OC)c(OC)c2)n1. The van der Waals surface area contributed by atoms with E-state index in [0.29, 0.717) is 11.7 Å². The highest BCUT2D eigenvalue weighted by atomic mass is 32.1. The van der Waals surface area contributed by atoms with E-state index in [4.69, 9.17) is 21.7 Å². The maximum absolute atomic E-state index is 5.31. The largest absolute Gasteiger partial charge is 0.493 e. The smallest absolute Gasteiger partial charge is 0.166 e. The summed E-state index contributed by atoms with van der Waals surface area (Å²) in [7, 11) is 3.27. The van der Waals surface area contributed by atoms with Crippen LogP contribution in [0.2, 0.25) is 0 Å². The highest BCUT2D eigenvalue weighted by Crippen LogP contribution is 2.27. The standard InChI is InChI=1S/C17H24N4O2S/c1-4-21-10-8-14(20-21)12-19-17(24)18-9-7-13-5-6-15(22-2)16(11-13)23-3/h5-6,8,10-11H,4,7,9,12H2,1-3H3,(H2,18,19,24). The van der Waals surface area contributed by atoms with Crippen molar-refractivity contribution in [3.63, 3.8) is 0 Å². The fourth-order valence-electron chi connectivity index (χ4n) is 2.26. The molecule has 1 heterocycles. The van der Waals surface area contributed by atoms with Gasteiger partial charge in [-0.3, -0.25) is 4.68 Å². The van der Waals surface area contributed by atoms with E-state index >= 15 is 0 Å². The van der Waals surface area contributed by atoms with Crippen molar-refractivity contribution in [1.82, 2.24) is 20.4 Å². The lowest BCUT2D eigenvalue weighted by Crippen LogP contribution is -2.36. The fraction of sp³-hybridized carbons (Fsp3) is 0.412. The van der Waals surface area contributed by atoms with Gasteiger partial charge in [-0.25, -0.2) is 0 Å². The van der Waals surface area contributed by atoms with Gasteiger partial charge >= 0.3 is 0 Å². The highest BCUT2D eigenvalue weighted by Gasteiger charge is 2.05. The molecule has 0 aliphatic carbocycles. The first kappa shape index (κ1) is 18.1. The third kappa shape index (κ3) is 5.13. The van der Waals surface area contributed by atoms with Crippen molar-refractivity contribution in [2.45, 2.75) is 26.4 Å². The van der Waals surface area contributed by atoms with Gasteiger partial charge in [0.05, 0.1) is 26.5 Å². The summed E-state index contributed by atoms with van der Waals surface area (Å²) in [5.41, 5.74) is 2.13. The van der Waals surface area contributed by atoms with Crippen LogP contribution in [0.15, 0.2) is 30.5 Å². The van der Waals surface area contributed by atoms with Crippen LogP contribution in [0.5, 0.6) is 11.5 Å². The van der Waals surface area contributed by atoms with Crippen molar-refractivity contribution >= 4 is 17.3 Å². The number of benzene rings is 1. The predicted octanol–water partition coefficient (Wildman–Crippen LogP) is 2.13. The summed E-state index contributed by atoms with van der Waals surface area (Å²) >= 11 is 5.29. The van der Waals surface area contributed by atoms with Crippen molar-refractivity contribution in [3.05, 3.63) is 41.7 Å². The highest BCUT2D eigenvalue weighted by molar-refractivity contribution is 7.80. The molecule has 24 heavy (non-hydrogen) atoms. The van der Waals surface area contributed by atoms with Gasteiger partial charge in [0, 0.05) is 19.3 Å². The molecule has 7 heteroatoms. The Bertz CT molecular complexity index is 672. The summed E-state index contributed by atoms with van der Waals surface area (Å²) < 4.78 is 12.4. The van der Waals surface area contributed by atoms with Gasteiger partial charge in [-0.15, -0.1) is 0 Å². The van der Waals surface area contributed by atoms with E-state index in [9.17, 15) is 0 Å². The van der Waals surface area contributed by atoms with Crippen molar-refractivity contribution in [1.29, 1.82) is 0 Å². The average Bonchev–Trinajstić information content (AvgIpc) is 3.08. The van der Waals surface area contributed by atoms with Crippen molar-refractivity contribution < 1.29 is 9.47 Å². The number of hydrogen-bond acceptors (Lipinski definition) is 4. The predicted molar refractivity (Wildman–Crippen MR) is 98.6 cm³/mol. The minimum atomic E-state index is 0.620. The molecule has 0 bridgehead atoms. The maximum atomic E-state index is 5.31. The number of methoxy groups -OCH3 is 2. The molecular formula is C17H24N4O2S. The average molecular weight is 348 g/mol. The van der Waals surface area contributed by atoms with E-state index in [2.05, 4.69) is 22.7 Å². The second-order valence-electron chi connectivity index (χ2n) is 5.21. The third-order valence-corrected chi connectivity index (χ3v) is 3.89. The molecule has 0 saturated heterocycles. The Morgan fingerprint density at radius 3 is 2.62 bits per heavy atom. The number of ether oxygens (including phenoxy) is 2. The van der Waals surface area contributed by atoms with Crippen LogP contribution in [0.3, 0.4) is 0 Å². The molecule has 0 amide bonds. The molecule has 0 unspecified atom stereocenters. The zero-order chi connectivity index (χ0) is 17.4. The molecule has 0 aliphatic rings. The molecule has 0 radical (unpaired) electrons. The van der Waals surface area contributed by atoms with E-state index in [1.165, 1.54) is 0 Å². The fourth-order valence-corrected chi connectivity index (χ4v) is 2.44. The summed E-state index contributed by atoms with van der Waals surface area (Å²) in [6.07, 6.45) is 2.80. The number of thiocarbonyl (C=S) groups is 1. The number of nitrogens with zero attached hydrogens (tertiary/aromatic N) is 2. The molecule has 2 N–H and O–H groups in total. The minimum Gasteiger partial charge on any atom is -0.493 e. The molecule has 130 valence electrons. The normalized spacial score (nSPS) is 10.3. The van der Waals surface area contributed by atoms with Crippen LogP contribution in [0, 0.1) is 0 Å².